The normalized spacial score (nSPS) is 13.8. The number of thiophene rings is 1. The topological polar surface area (TPSA) is 79.4 Å². The summed E-state index contributed by atoms with van der Waals surface area (Å²) in [6, 6.07) is 15.4. The maximum atomic E-state index is 12.9. The number of hydrogen-bond donors (Lipinski definition) is 2. The third kappa shape index (κ3) is 4.84. The molecule has 5 rings (SSSR count). The summed E-state index contributed by atoms with van der Waals surface area (Å²) in [5.74, 6) is 2.16. The average Bonchev–Trinajstić information content (AvgIpc) is 3.25. The molecule has 174 valence electrons. The highest BCUT2D eigenvalue weighted by molar-refractivity contribution is 7.20. The fourth-order valence-electron chi connectivity index (χ4n) is 3.92. The van der Waals surface area contributed by atoms with Gasteiger partial charge in [0, 0.05) is 29.5 Å². The average molecular weight is 494 g/mol. The van der Waals surface area contributed by atoms with E-state index in [-0.39, 0.29) is 5.91 Å². The van der Waals surface area contributed by atoms with E-state index in [0.717, 1.165) is 46.1 Å². The van der Waals surface area contributed by atoms with Crippen LogP contribution in [0.4, 0.5) is 23.0 Å². The van der Waals surface area contributed by atoms with Gasteiger partial charge < -0.3 is 20.3 Å². The highest BCUT2D eigenvalue weighted by Crippen LogP contribution is 2.31. The van der Waals surface area contributed by atoms with Crippen LogP contribution in [0.15, 0.2) is 48.5 Å². The molecule has 34 heavy (non-hydrogen) atoms. The number of anilines is 4. The minimum Gasteiger partial charge on any atom is -0.378 e. The summed E-state index contributed by atoms with van der Waals surface area (Å²) in [7, 11) is 0. The second kappa shape index (κ2) is 9.58. The number of amides is 1. The van der Waals surface area contributed by atoms with Crippen LogP contribution in [-0.2, 0) is 4.74 Å². The number of para-hydroxylation sites is 1. The molecular formula is C25H24ClN5O2S. The standard InChI is InChI=1S/C25H24ClN5O2S/c1-15-4-3-5-19(26)24(15)30-25(32)21-13-17-12-18(6-7-20(17)34-21)29-22-14-23(28-16(2)27-22)31-8-10-33-11-9-31/h3-7,12-14H,8-11H2,1-2H3,(H,30,32)(H,27,28,29). The van der Waals surface area contributed by atoms with E-state index in [1.807, 2.05) is 56.3 Å². The molecule has 1 fully saturated rings. The summed E-state index contributed by atoms with van der Waals surface area (Å²) in [5, 5.41) is 7.84. The minimum atomic E-state index is -0.173. The molecule has 2 aromatic heterocycles. The zero-order valence-corrected chi connectivity index (χ0v) is 20.5. The summed E-state index contributed by atoms with van der Waals surface area (Å²) < 4.78 is 6.47. The molecule has 7 nitrogen and oxygen atoms in total. The van der Waals surface area contributed by atoms with Gasteiger partial charge in [-0.3, -0.25) is 4.79 Å². The molecule has 0 spiro atoms. The fourth-order valence-corrected chi connectivity index (χ4v) is 5.12. The van der Waals surface area contributed by atoms with Gasteiger partial charge in [-0.15, -0.1) is 11.3 Å². The predicted molar refractivity (Wildman–Crippen MR) is 139 cm³/mol. The summed E-state index contributed by atoms with van der Waals surface area (Å²) in [6.45, 7) is 6.84. The summed E-state index contributed by atoms with van der Waals surface area (Å²) in [6.07, 6.45) is 0. The first kappa shape index (κ1) is 22.6. The van der Waals surface area contributed by atoms with Gasteiger partial charge >= 0.3 is 0 Å². The van der Waals surface area contributed by atoms with Crippen LogP contribution in [0.25, 0.3) is 10.1 Å². The van der Waals surface area contributed by atoms with Crippen molar-refractivity contribution in [2.45, 2.75) is 13.8 Å². The van der Waals surface area contributed by atoms with Gasteiger partial charge in [0.25, 0.3) is 5.91 Å². The molecule has 0 radical (unpaired) electrons. The number of halogens is 1. The van der Waals surface area contributed by atoms with Crippen molar-refractivity contribution >= 4 is 61.9 Å². The molecule has 3 heterocycles. The molecule has 2 aromatic carbocycles. The fraction of sp³-hybridized carbons (Fsp3) is 0.240. The molecule has 1 saturated heterocycles. The van der Waals surface area contributed by atoms with Crippen LogP contribution >= 0.6 is 22.9 Å². The maximum absolute atomic E-state index is 12.9. The molecule has 0 atom stereocenters. The molecule has 1 aliphatic heterocycles. The molecule has 4 aromatic rings. The Morgan fingerprint density at radius 2 is 1.91 bits per heavy atom. The number of carbonyl (C=O) groups is 1. The van der Waals surface area contributed by atoms with Gasteiger partial charge in [-0.1, -0.05) is 23.7 Å². The van der Waals surface area contributed by atoms with Gasteiger partial charge in [-0.05, 0) is 55.1 Å². The summed E-state index contributed by atoms with van der Waals surface area (Å²) in [5.41, 5.74) is 2.46. The smallest absolute Gasteiger partial charge is 0.265 e. The van der Waals surface area contributed by atoms with Gasteiger partial charge in [0.1, 0.15) is 17.5 Å². The van der Waals surface area contributed by atoms with E-state index in [1.54, 1.807) is 6.07 Å². The van der Waals surface area contributed by atoms with Crippen molar-refractivity contribution in [1.29, 1.82) is 0 Å². The Morgan fingerprint density at radius 1 is 1.09 bits per heavy atom. The van der Waals surface area contributed by atoms with E-state index in [1.165, 1.54) is 11.3 Å². The Labute approximate surface area is 206 Å². The molecule has 0 unspecified atom stereocenters. The third-order valence-corrected chi connectivity index (χ3v) is 7.06. The molecule has 9 heteroatoms. The molecule has 1 aliphatic rings. The lowest BCUT2D eigenvalue weighted by atomic mass is 10.2. The number of benzene rings is 2. The van der Waals surface area contributed by atoms with Crippen molar-refractivity contribution in [3.8, 4) is 0 Å². The number of hydrogen-bond acceptors (Lipinski definition) is 7. The lowest BCUT2D eigenvalue weighted by Gasteiger charge is -2.28. The molecule has 0 aliphatic carbocycles. The zero-order chi connectivity index (χ0) is 23.7. The zero-order valence-electron chi connectivity index (χ0n) is 18.9. The van der Waals surface area contributed by atoms with Crippen molar-refractivity contribution in [2.75, 3.05) is 41.8 Å². The van der Waals surface area contributed by atoms with Crippen LogP contribution < -0.4 is 15.5 Å². The molecule has 0 saturated carbocycles. The van der Waals surface area contributed by atoms with Crippen molar-refractivity contribution < 1.29 is 9.53 Å². The Hall–Kier alpha value is -3.20. The number of nitrogens with one attached hydrogen (secondary N) is 2. The molecule has 1 amide bonds. The van der Waals surface area contributed by atoms with Crippen LogP contribution in [0.2, 0.25) is 5.02 Å². The SMILES string of the molecule is Cc1nc(Nc2ccc3sc(C(=O)Nc4c(C)cccc4Cl)cc3c2)cc(N2CCOCC2)n1. The van der Waals surface area contributed by atoms with Crippen molar-refractivity contribution in [3.05, 3.63) is 69.8 Å². The van der Waals surface area contributed by atoms with E-state index in [0.29, 0.717) is 34.6 Å². The second-order valence-electron chi connectivity index (χ2n) is 8.13. The summed E-state index contributed by atoms with van der Waals surface area (Å²) >= 11 is 7.72. The van der Waals surface area contributed by atoms with Crippen LogP contribution in [-0.4, -0.2) is 42.2 Å². The quantitative estimate of drug-likeness (QED) is 0.366. The van der Waals surface area contributed by atoms with Gasteiger partial charge in [0.05, 0.1) is 28.8 Å². The number of ether oxygens (including phenoxy) is 1. The van der Waals surface area contributed by atoms with Crippen LogP contribution in [0.3, 0.4) is 0 Å². The van der Waals surface area contributed by atoms with Gasteiger partial charge in [-0.25, -0.2) is 9.97 Å². The van der Waals surface area contributed by atoms with Crippen LogP contribution in [0.5, 0.6) is 0 Å². The molecular weight excluding hydrogens is 470 g/mol. The predicted octanol–water partition coefficient (Wildman–Crippen LogP) is 5.79. The first-order valence-corrected chi connectivity index (χ1v) is 12.2. The number of aryl methyl sites for hydroxylation is 2. The molecule has 2 N–H and O–H groups in total. The Balaban J connectivity index is 1.36. The number of nitrogens with zero attached hydrogens (tertiary/aromatic N) is 3. The largest absolute Gasteiger partial charge is 0.378 e. The lowest BCUT2D eigenvalue weighted by molar-refractivity contribution is 0.103. The number of fused-ring (bicyclic) bond motifs is 1. The van der Waals surface area contributed by atoms with E-state index < -0.39 is 0 Å². The monoisotopic (exact) mass is 493 g/mol. The third-order valence-electron chi connectivity index (χ3n) is 5.63. The first-order valence-electron chi connectivity index (χ1n) is 11.0. The van der Waals surface area contributed by atoms with Crippen LogP contribution in [0.1, 0.15) is 21.1 Å². The first-order chi connectivity index (χ1) is 16.5. The number of rotatable bonds is 5. The summed E-state index contributed by atoms with van der Waals surface area (Å²) in [4.78, 5) is 24.8. The van der Waals surface area contributed by atoms with E-state index in [4.69, 9.17) is 16.3 Å². The Bertz CT molecular complexity index is 1350. The minimum absolute atomic E-state index is 0.173. The van der Waals surface area contributed by atoms with Crippen molar-refractivity contribution in [2.24, 2.45) is 0 Å². The highest BCUT2D eigenvalue weighted by atomic mass is 35.5. The van der Waals surface area contributed by atoms with Crippen molar-refractivity contribution in [1.82, 2.24) is 9.97 Å². The van der Waals surface area contributed by atoms with Gasteiger partial charge in [0.2, 0.25) is 0 Å². The van der Waals surface area contributed by atoms with Gasteiger partial charge in [-0.2, -0.15) is 0 Å². The maximum Gasteiger partial charge on any atom is 0.265 e. The molecule has 0 bridgehead atoms. The second-order valence-corrected chi connectivity index (χ2v) is 9.62. The Morgan fingerprint density at radius 3 is 2.71 bits per heavy atom. The number of carbonyl (C=O) groups excluding carboxylic acids is 1. The van der Waals surface area contributed by atoms with E-state index in [9.17, 15) is 4.79 Å². The highest BCUT2D eigenvalue weighted by Gasteiger charge is 2.16. The van der Waals surface area contributed by atoms with Gasteiger partial charge in [0.15, 0.2) is 0 Å². The van der Waals surface area contributed by atoms with E-state index in [2.05, 4.69) is 25.5 Å². The lowest BCUT2D eigenvalue weighted by Crippen LogP contribution is -2.36. The Kier molecular flexibility index (Phi) is 6.36. The number of aromatic nitrogens is 2. The number of morpholine rings is 1. The van der Waals surface area contributed by atoms with E-state index >= 15 is 0 Å². The van der Waals surface area contributed by atoms with Crippen LogP contribution in [0, 0.1) is 13.8 Å². The van der Waals surface area contributed by atoms with Crippen molar-refractivity contribution in [3.63, 3.8) is 0 Å².